The summed E-state index contributed by atoms with van der Waals surface area (Å²) >= 11 is 0. The number of rotatable bonds is 5. The molecule has 136 valence electrons. The normalized spacial score (nSPS) is 11.0. The van der Waals surface area contributed by atoms with E-state index in [1.54, 1.807) is 55.5 Å². The minimum absolute atomic E-state index is 0.300. The molecule has 0 spiro atoms. The number of carbonyl (C=O) groups is 1. The lowest BCUT2D eigenvalue weighted by molar-refractivity contribution is -0.122. The molecule has 0 saturated heterocycles. The summed E-state index contributed by atoms with van der Waals surface area (Å²) in [7, 11) is 0. The lowest BCUT2D eigenvalue weighted by Gasteiger charge is -2.15. The first-order chi connectivity index (χ1) is 13.6. The van der Waals surface area contributed by atoms with Crippen molar-refractivity contribution in [2.45, 2.75) is 13.0 Å². The van der Waals surface area contributed by atoms with Crippen molar-refractivity contribution in [3.63, 3.8) is 0 Å². The Bertz CT molecular complexity index is 1060. The molecule has 1 amide bonds. The van der Waals surface area contributed by atoms with E-state index in [0.29, 0.717) is 22.6 Å². The van der Waals surface area contributed by atoms with Gasteiger partial charge < -0.3 is 10.1 Å². The number of carbonyl (C=O) groups excluding carboxylic acids is 1. The SMILES string of the molecule is CC(Oc1ccc(-c2ccc(C#N)cc2)cc1)C(=O)Nc1cccc(C#N)c1. The van der Waals surface area contributed by atoms with Gasteiger partial charge in [0.2, 0.25) is 0 Å². The molecular weight excluding hydrogens is 350 g/mol. The van der Waals surface area contributed by atoms with E-state index in [9.17, 15) is 4.79 Å². The zero-order chi connectivity index (χ0) is 19.9. The van der Waals surface area contributed by atoms with Crippen LogP contribution in [0.25, 0.3) is 11.1 Å². The quantitative estimate of drug-likeness (QED) is 0.719. The van der Waals surface area contributed by atoms with Crippen LogP contribution in [0.15, 0.2) is 72.8 Å². The van der Waals surface area contributed by atoms with Gasteiger partial charge in [-0.15, -0.1) is 0 Å². The number of anilines is 1. The van der Waals surface area contributed by atoms with E-state index in [-0.39, 0.29) is 5.91 Å². The third kappa shape index (κ3) is 4.55. The molecule has 1 unspecified atom stereocenters. The van der Waals surface area contributed by atoms with Crippen molar-refractivity contribution in [2.24, 2.45) is 0 Å². The second-order valence-corrected chi connectivity index (χ2v) is 6.16. The number of nitrogens with one attached hydrogen (secondary N) is 1. The van der Waals surface area contributed by atoms with Crippen LogP contribution in [0.3, 0.4) is 0 Å². The monoisotopic (exact) mass is 367 g/mol. The van der Waals surface area contributed by atoms with E-state index in [1.165, 1.54) is 0 Å². The smallest absolute Gasteiger partial charge is 0.265 e. The van der Waals surface area contributed by atoms with Gasteiger partial charge in [-0.05, 0) is 60.5 Å². The van der Waals surface area contributed by atoms with Gasteiger partial charge in [0.25, 0.3) is 5.91 Å². The van der Waals surface area contributed by atoms with Crippen molar-refractivity contribution in [1.82, 2.24) is 0 Å². The summed E-state index contributed by atoms with van der Waals surface area (Å²) in [6, 6.07) is 25.6. The summed E-state index contributed by atoms with van der Waals surface area (Å²) < 4.78 is 5.71. The van der Waals surface area contributed by atoms with Gasteiger partial charge in [0.1, 0.15) is 5.75 Å². The number of ether oxygens (including phenoxy) is 1. The largest absolute Gasteiger partial charge is 0.481 e. The molecule has 5 nitrogen and oxygen atoms in total. The van der Waals surface area contributed by atoms with Gasteiger partial charge >= 0.3 is 0 Å². The average molecular weight is 367 g/mol. The zero-order valence-corrected chi connectivity index (χ0v) is 15.2. The number of hydrogen-bond donors (Lipinski definition) is 1. The molecule has 0 bridgehead atoms. The Morgan fingerprint density at radius 1 is 0.893 bits per heavy atom. The molecule has 1 atom stereocenters. The van der Waals surface area contributed by atoms with Crippen LogP contribution in [0.1, 0.15) is 18.1 Å². The third-order valence-electron chi connectivity index (χ3n) is 4.14. The first-order valence-electron chi connectivity index (χ1n) is 8.67. The van der Waals surface area contributed by atoms with Crippen LogP contribution in [0.4, 0.5) is 5.69 Å². The van der Waals surface area contributed by atoms with Crippen molar-refractivity contribution in [1.29, 1.82) is 10.5 Å². The Labute approximate surface area is 163 Å². The summed E-state index contributed by atoms with van der Waals surface area (Å²) in [5.74, 6) is 0.275. The van der Waals surface area contributed by atoms with Crippen LogP contribution < -0.4 is 10.1 Å². The van der Waals surface area contributed by atoms with E-state index in [1.807, 2.05) is 30.3 Å². The third-order valence-corrected chi connectivity index (χ3v) is 4.14. The highest BCUT2D eigenvalue weighted by Crippen LogP contribution is 2.23. The molecule has 1 N–H and O–H groups in total. The Kier molecular flexibility index (Phi) is 5.69. The standard InChI is InChI=1S/C23H17N3O2/c1-16(23(27)26-21-4-2-3-18(13-21)15-25)28-22-11-9-20(10-12-22)19-7-5-17(14-24)6-8-19/h2-13,16H,1H3,(H,26,27). The maximum absolute atomic E-state index is 12.3. The minimum atomic E-state index is -0.702. The summed E-state index contributed by atoms with van der Waals surface area (Å²) in [5.41, 5.74) is 3.63. The topological polar surface area (TPSA) is 85.9 Å². The van der Waals surface area contributed by atoms with Crippen LogP contribution in [0, 0.1) is 22.7 Å². The van der Waals surface area contributed by atoms with E-state index >= 15 is 0 Å². The highest BCUT2D eigenvalue weighted by molar-refractivity contribution is 5.94. The molecule has 0 saturated carbocycles. The van der Waals surface area contributed by atoms with Gasteiger partial charge in [0.15, 0.2) is 6.10 Å². The van der Waals surface area contributed by atoms with Crippen LogP contribution in [-0.4, -0.2) is 12.0 Å². The van der Waals surface area contributed by atoms with Crippen LogP contribution >= 0.6 is 0 Å². The number of nitriles is 2. The number of amides is 1. The predicted octanol–water partition coefficient (Wildman–Crippen LogP) is 4.50. The molecule has 3 aromatic carbocycles. The van der Waals surface area contributed by atoms with Gasteiger partial charge in [0.05, 0.1) is 23.3 Å². The van der Waals surface area contributed by atoms with Crippen LogP contribution in [-0.2, 0) is 4.79 Å². The molecule has 0 aliphatic rings. The van der Waals surface area contributed by atoms with Crippen molar-refractivity contribution >= 4 is 11.6 Å². The summed E-state index contributed by atoms with van der Waals surface area (Å²) in [5, 5.41) is 20.5. The molecule has 0 radical (unpaired) electrons. The molecule has 0 aliphatic carbocycles. The average Bonchev–Trinajstić information content (AvgIpc) is 2.74. The number of hydrogen-bond acceptors (Lipinski definition) is 4. The van der Waals surface area contributed by atoms with Gasteiger partial charge in [0, 0.05) is 5.69 Å². The fourth-order valence-corrected chi connectivity index (χ4v) is 2.63. The van der Waals surface area contributed by atoms with Crippen LogP contribution in [0.2, 0.25) is 0 Å². The fourth-order valence-electron chi connectivity index (χ4n) is 2.63. The van der Waals surface area contributed by atoms with Crippen molar-refractivity contribution in [3.8, 4) is 29.0 Å². The molecule has 0 aromatic heterocycles. The first kappa shape index (κ1) is 18.7. The molecule has 3 aromatic rings. The van der Waals surface area contributed by atoms with E-state index in [4.69, 9.17) is 15.3 Å². The van der Waals surface area contributed by atoms with E-state index in [2.05, 4.69) is 11.4 Å². The van der Waals surface area contributed by atoms with Gasteiger partial charge in [-0.1, -0.05) is 30.3 Å². The lowest BCUT2D eigenvalue weighted by Crippen LogP contribution is -2.30. The van der Waals surface area contributed by atoms with E-state index < -0.39 is 6.10 Å². The van der Waals surface area contributed by atoms with E-state index in [0.717, 1.165) is 11.1 Å². The molecule has 0 aliphatic heterocycles. The Balaban J connectivity index is 1.63. The fraction of sp³-hybridized carbons (Fsp3) is 0.0870. The molecule has 0 heterocycles. The summed E-state index contributed by atoms with van der Waals surface area (Å²) in [6.45, 7) is 1.66. The maximum Gasteiger partial charge on any atom is 0.265 e. The highest BCUT2D eigenvalue weighted by atomic mass is 16.5. The second kappa shape index (κ2) is 8.53. The van der Waals surface area contributed by atoms with Gasteiger partial charge in [-0.2, -0.15) is 10.5 Å². The van der Waals surface area contributed by atoms with Gasteiger partial charge in [-0.25, -0.2) is 0 Å². The lowest BCUT2D eigenvalue weighted by atomic mass is 10.0. The molecule has 5 heteroatoms. The number of benzene rings is 3. The van der Waals surface area contributed by atoms with Gasteiger partial charge in [-0.3, -0.25) is 4.79 Å². The summed E-state index contributed by atoms with van der Waals surface area (Å²) in [4.78, 5) is 12.3. The predicted molar refractivity (Wildman–Crippen MR) is 106 cm³/mol. The first-order valence-corrected chi connectivity index (χ1v) is 8.67. The number of nitrogens with zero attached hydrogens (tertiary/aromatic N) is 2. The molecule has 0 fully saturated rings. The van der Waals surface area contributed by atoms with Crippen molar-refractivity contribution in [2.75, 3.05) is 5.32 Å². The summed E-state index contributed by atoms with van der Waals surface area (Å²) in [6.07, 6.45) is -0.702. The van der Waals surface area contributed by atoms with Crippen molar-refractivity contribution in [3.05, 3.63) is 83.9 Å². The molecule has 3 rings (SSSR count). The Morgan fingerprint density at radius 2 is 1.50 bits per heavy atom. The maximum atomic E-state index is 12.3. The second-order valence-electron chi connectivity index (χ2n) is 6.16. The van der Waals surface area contributed by atoms with Crippen LogP contribution in [0.5, 0.6) is 5.75 Å². The zero-order valence-electron chi connectivity index (χ0n) is 15.2. The Morgan fingerprint density at radius 3 is 2.11 bits per heavy atom. The molecule has 28 heavy (non-hydrogen) atoms. The van der Waals surface area contributed by atoms with Crippen molar-refractivity contribution < 1.29 is 9.53 Å². The minimum Gasteiger partial charge on any atom is -0.481 e. The highest BCUT2D eigenvalue weighted by Gasteiger charge is 2.15. The Hall–Kier alpha value is -4.09. The molecular formula is C23H17N3O2.